The van der Waals surface area contributed by atoms with Crippen LogP contribution in [0.15, 0.2) is 0 Å². The van der Waals surface area contributed by atoms with Crippen LogP contribution in [0.4, 0.5) is 0 Å². The Morgan fingerprint density at radius 2 is 2.27 bits per heavy atom. The van der Waals surface area contributed by atoms with Crippen molar-refractivity contribution < 1.29 is 0 Å². The van der Waals surface area contributed by atoms with Gasteiger partial charge in [-0.3, -0.25) is 0 Å². The van der Waals surface area contributed by atoms with Gasteiger partial charge in [0.1, 0.15) is 0 Å². The van der Waals surface area contributed by atoms with Gasteiger partial charge in [0.2, 0.25) is 0 Å². The van der Waals surface area contributed by atoms with Gasteiger partial charge in [0.25, 0.3) is 0 Å². The quantitative estimate of drug-likeness (QED) is 0.574. The van der Waals surface area contributed by atoms with E-state index in [1.807, 2.05) is 0 Å². The number of nitrogens with two attached hydrogens (primary N) is 2. The zero-order valence-corrected chi connectivity index (χ0v) is 7.29. The van der Waals surface area contributed by atoms with Crippen LogP contribution in [-0.4, -0.2) is 37.1 Å². The van der Waals surface area contributed by atoms with E-state index in [9.17, 15) is 0 Å². The summed E-state index contributed by atoms with van der Waals surface area (Å²) in [5, 5.41) is 0. The molecule has 0 spiro atoms. The molecule has 0 bridgehead atoms. The Morgan fingerprint density at radius 3 is 2.82 bits per heavy atom. The second-order valence-electron chi connectivity index (χ2n) is 3.34. The fourth-order valence-electron chi connectivity index (χ4n) is 1.66. The number of piperidine rings is 1. The summed E-state index contributed by atoms with van der Waals surface area (Å²) in [4.78, 5) is 2.42. The van der Waals surface area contributed by atoms with Crippen molar-refractivity contribution in [1.82, 2.24) is 4.90 Å². The van der Waals surface area contributed by atoms with E-state index < -0.39 is 0 Å². The Kier molecular flexibility index (Phi) is 3.30. The summed E-state index contributed by atoms with van der Waals surface area (Å²) in [5.74, 6) is 0.517. The van der Waals surface area contributed by atoms with Gasteiger partial charge < -0.3 is 16.4 Å². The Bertz CT molecular complexity index is 116. The standard InChI is InChI=1S/C8H19N3/c1-2-11-4-3-8(10)7(5-9)6-11/h7-8H,2-6,9-10H2,1H3/t7-,8-/m0/s1. The van der Waals surface area contributed by atoms with Crippen molar-refractivity contribution in [2.45, 2.75) is 19.4 Å². The molecule has 0 radical (unpaired) electrons. The molecule has 11 heavy (non-hydrogen) atoms. The first-order valence-corrected chi connectivity index (χ1v) is 4.46. The van der Waals surface area contributed by atoms with Gasteiger partial charge in [-0.25, -0.2) is 0 Å². The third-order valence-electron chi connectivity index (χ3n) is 2.63. The molecule has 1 saturated heterocycles. The Hall–Kier alpha value is -0.120. The van der Waals surface area contributed by atoms with Crippen LogP contribution >= 0.6 is 0 Å². The van der Waals surface area contributed by atoms with Crippen LogP contribution in [0.3, 0.4) is 0 Å². The molecule has 0 saturated carbocycles. The number of likely N-dealkylation sites (tertiary alicyclic amines) is 1. The van der Waals surface area contributed by atoms with E-state index in [1.165, 1.54) is 0 Å². The van der Waals surface area contributed by atoms with E-state index in [4.69, 9.17) is 11.5 Å². The van der Waals surface area contributed by atoms with Crippen LogP contribution in [0.2, 0.25) is 0 Å². The first-order valence-electron chi connectivity index (χ1n) is 4.46. The molecule has 1 fully saturated rings. The first kappa shape index (κ1) is 8.97. The van der Waals surface area contributed by atoms with Gasteiger partial charge in [0, 0.05) is 12.6 Å². The summed E-state index contributed by atoms with van der Waals surface area (Å²) in [7, 11) is 0. The third-order valence-corrected chi connectivity index (χ3v) is 2.63. The van der Waals surface area contributed by atoms with Crippen molar-refractivity contribution in [3.63, 3.8) is 0 Å². The van der Waals surface area contributed by atoms with Crippen LogP contribution in [0.1, 0.15) is 13.3 Å². The number of nitrogens with zero attached hydrogens (tertiary/aromatic N) is 1. The topological polar surface area (TPSA) is 55.3 Å². The molecule has 66 valence electrons. The molecule has 0 aromatic rings. The lowest BCUT2D eigenvalue weighted by Gasteiger charge is -2.35. The maximum absolute atomic E-state index is 5.90. The average Bonchev–Trinajstić information content (AvgIpc) is 2.05. The SMILES string of the molecule is CCN1CC[C@H](N)[C@@H](CN)C1. The normalized spacial score (nSPS) is 34.1. The molecule has 0 unspecified atom stereocenters. The summed E-state index contributed by atoms with van der Waals surface area (Å²) >= 11 is 0. The predicted octanol–water partition coefficient (Wildman–Crippen LogP) is -0.386. The second kappa shape index (κ2) is 4.04. The minimum Gasteiger partial charge on any atom is -0.330 e. The molecule has 1 heterocycles. The minimum atomic E-state index is 0.336. The van der Waals surface area contributed by atoms with Crippen molar-refractivity contribution in [3.05, 3.63) is 0 Å². The number of hydrogen-bond donors (Lipinski definition) is 2. The van der Waals surface area contributed by atoms with E-state index in [0.717, 1.165) is 32.6 Å². The largest absolute Gasteiger partial charge is 0.330 e. The molecular formula is C8H19N3. The fourth-order valence-corrected chi connectivity index (χ4v) is 1.66. The van der Waals surface area contributed by atoms with Crippen molar-refractivity contribution in [2.24, 2.45) is 17.4 Å². The van der Waals surface area contributed by atoms with E-state index >= 15 is 0 Å². The fraction of sp³-hybridized carbons (Fsp3) is 1.00. The highest BCUT2D eigenvalue weighted by Gasteiger charge is 2.24. The summed E-state index contributed by atoms with van der Waals surface area (Å²) < 4.78 is 0. The maximum Gasteiger partial charge on any atom is 0.0104 e. The van der Waals surface area contributed by atoms with Crippen LogP contribution in [0, 0.1) is 5.92 Å². The highest BCUT2D eigenvalue weighted by molar-refractivity contribution is 4.82. The lowest BCUT2D eigenvalue weighted by molar-refractivity contribution is 0.166. The minimum absolute atomic E-state index is 0.336. The summed E-state index contributed by atoms with van der Waals surface area (Å²) in [6, 6.07) is 0.336. The summed E-state index contributed by atoms with van der Waals surface area (Å²) in [5.41, 5.74) is 11.5. The molecule has 1 rings (SSSR count). The van der Waals surface area contributed by atoms with E-state index in [-0.39, 0.29) is 0 Å². The van der Waals surface area contributed by atoms with Gasteiger partial charge in [0.15, 0.2) is 0 Å². The second-order valence-corrected chi connectivity index (χ2v) is 3.34. The Labute approximate surface area is 68.7 Å². The van der Waals surface area contributed by atoms with Crippen molar-refractivity contribution in [3.8, 4) is 0 Å². The van der Waals surface area contributed by atoms with Gasteiger partial charge in [-0.05, 0) is 32.0 Å². The van der Waals surface area contributed by atoms with E-state index in [2.05, 4.69) is 11.8 Å². The Balaban J connectivity index is 2.37. The van der Waals surface area contributed by atoms with Gasteiger partial charge in [0.05, 0.1) is 0 Å². The highest BCUT2D eigenvalue weighted by Crippen LogP contribution is 2.13. The molecule has 0 aliphatic carbocycles. The van der Waals surface area contributed by atoms with E-state index in [1.54, 1.807) is 0 Å². The molecule has 0 aromatic heterocycles. The van der Waals surface area contributed by atoms with Crippen molar-refractivity contribution in [2.75, 3.05) is 26.2 Å². The Morgan fingerprint density at radius 1 is 1.55 bits per heavy atom. The molecule has 1 aliphatic heterocycles. The molecular weight excluding hydrogens is 138 g/mol. The molecule has 3 nitrogen and oxygen atoms in total. The van der Waals surface area contributed by atoms with Crippen LogP contribution in [-0.2, 0) is 0 Å². The van der Waals surface area contributed by atoms with Crippen LogP contribution in [0.25, 0.3) is 0 Å². The molecule has 2 atom stereocenters. The average molecular weight is 157 g/mol. The van der Waals surface area contributed by atoms with Crippen molar-refractivity contribution in [1.29, 1.82) is 0 Å². The lowest BCUT2D eigenvalue weighted by atomic mass is 9.93. The van der Waals surface area contributed by atoms with Gasteiger partial charge in [-0.1, -0.05) is 6.92 Å². The van der Waals surface area contributed by atoms with Gasteiger partial charge in [-0.2, -0.15) is 0 Å². The van der Waals surface area contributed by atoms with Crippen molar-refractivity contribution >= 4 is 0 Å². The maximum atomic E-state index is 5.90. The smallest absolute Gasteiger partial charge is 0.0104 e. The van der Waals surface area contributed by atoms with Crippen LogP contribution < -0.4 is 11.5 Å². The monoisotopic (exact) mass is 157 g/mol. The molecule has 0 aromatic carbocycles. The third kappa shape index (κ3) is 2.15. The molecule has 0 amide bonds. The van der Waals surface area contributed by atoms with Gasteiger partial charge in [-0.15, -0.1) is 0 Å². The summed E-state index contributed by atoms with van der Waals surface area (Å²) in [6.07, 6.45) is 1.11. The lowest BCUT2D eigenvalue weighted by Crippen LogP contribution is -2.49. The molecule has 1 aliphatic rings. The van der Waals surface area contributed by atoms with E-state index in [0.29, 0.717) is 12.0 Å². The summed E-state index contributed by atoms with van der Waals surface area (Å²) in [6.45, 7) is 6.29. The first-order chi connectivity index (χ1) is 5.27. The highest BCUT2D eigenvalue weighted by atomic mass is 15.1. The molecule has 3 heteroatoms. The zero-order chi connectivity index (χ0) is 8.27. The number of hydrogen-bond acceptors (Lipinski definition) is 3. The van der Waals surface area contributed by atoms with Gasteiger partial charge >= 0.3 is 0 Å². The molecule has 4 N–H and O–H groups in total. The predicted molar refractivity (Wildman–Crippen MR) is 47.3 cm³/mol. The number of rotatable bonds is 2. The van der Waals surface area contributed by atoms with Crippen LogP contribution in [0.5, 0.6) is 0 Å². The zero-order valence-electron chi connectivity index (χ0n) is 7.29.